The Kier molecular flexibility index (Phi) is 5.60. The third kappa shape index (κ3) is 4.35. The fraction of sp³-hybridized carbons (Fsp3) is 0.136. The molecule has 4 rings (SSSR count). The van der Waals surface area contributed by atoms with Gasteiger partial charge in [-0.3, -0.25) is 0 Å². The van der Waals surface area contributed by atoms with Gasteiger partial charge in [-0.05, 0) is 36.4 Å². The maximum atomic E-state index is 12.4. The topological polar surface area (TPSA) is 38.7 Å². The Hall–Kier alpha value is -2.83. The number of ether oxygens (including phenoxy) is 1. The third-order valence-corrected chi connectivity index (χ3v) is 5.55. The molecule has 0 aliphatic rings. The van der Waals surface area contributed by atoms with Gasteiger partial charge >= 0.3 is 6.61 Å². The van der Waals surface area contributed by atoms with Crippen LogP contribution in [-0.4, -0.2) is 11.6 Å². The maximum Gasteiger partial charge on any atom is 0.387 e. The minimum Gasteiger partial charge on any atom is -0.435 e. The highest BCUT2D eigenvalue weighted by Gasteiger charge is 2.19. The Morgan fingerprint density at radius 2 is 1.54 bits per heavy atom. The Morgan fingerprint density at radius 3 is 2.25 bits per heavy atom. The van der Waals surface area contributed by atoms with Gasteiger partial charge in [-0.15, -0.1) is 11.3 Å². The normalized spacial score (nSPS) is 12.4. The number of halogens is 2. The molecule has 28 heavy (non-hydrogen) atoms. The van der Waals surface area contributed by atoms with Crippen molar-refractivity contribution in [2.75, 3.05) is 0 Å². The van der Waals surface area contributed by atoms with E-state index in [4.69, 9.17) is 4.98 Å². The predicted molar refractivity (Wildman–Crippen MR) is 107 cm³/mol. The lowest BCUT2D eigenvalue weighted by Crippen LogP contribution is -2.83. The van der Waals surface area contributed by atoms with E-state index in [2.05, 4.69) is 28.3 Å². The summed E-state index contributed by atoms with van der Waals surface area (Å²) in [6.45, 7) is -2.09. The summed E-state index contributed by atoms with van der Waals surface area (Å²) >= 11 is 1.69. The lowest BCUT2D eigenvalue weighted by molar-refractivity contribution is -0.702. The van der Waals surface area contributed by atoms with Crippen molar-refractivity contribution in [1.82, 2.24) is 4.98 Å². The molecular formula is C22H19F2N2OS+. The number of quaternary nitrogens is 1. The Balaban J connectivity index is 1.57. The van der Waals surface area contributed by atoms with Crippen molar-refractivity contribution in [3.05, 3.63) is 95.0 Å². The molecule has 0 spiro atoms. The number of rotatable bonds is 7. The van der Waals surface area contributed by atoms with Crippen molar-refractivity contribution < 1.29 is 18.8 Å². The number of benzene rings is 3. The van der Waals surface area contributed by atoms with E-state index in [-0.39, 0.29) is 11.8 Å². The van der Waals surface area contributed by atoms with E-state index in [1.807, 2.05) is 48.5 Å². The van der Waals surface area contributed by atoms with Gasteiger partial charge in [0.1, 0.15) is 23.3 Å². The smallest absolute Gasteiger partial charge is 0.387 e. The van der Waals surface area contributed by atoms with Crippen LogP contribution in [0.2, 0.25) is 0 Å². The molecule has 0 amide bonds. The summed E-state index contributed by atoms with van der Waals surface area (Å²) < 4.78 is 30.5. The van der Waals surface area contributed by atoms with Crippen LogP contribution in [0.4, 0.5) is 8.78 Å². The Morgan fingerprint density at radius 1 is 0.857 bits per heavy atom. The molecule has 0 aliphatic heterocycles. The number of nitrogens with zero attached hydrogens (tertiary/aromatic N) is 1. The zero-order valence-electron chi connectivity index (χ0n) is 15.0. The van der Waals surface area contributed by atoms with E-state index in [9.17, 15) is 8.78 Å². The second kappa shape index (κ2) is 8.46. The van der Waals surface area contributed by atoms with Crippen LogP contribution in [0.3, 0.4) is 0 Å². The van der Waals surface area contributed by atoms with Gasteiger partial charge in [-0.2, -0.15) is 8.78 Å². The first-order chi connectivity index (χ1) is 13.7. The molecule has 6 heteroatoms. The molecular weight excluding hydrogens is 378 g/mol. The summed E-state index contributed by atoms with van der Waals surface area (Å²) in [5.74, 6) is 0.164. The first-order valence-electron chi connectivity index (χ1n) is 8.96. The van der Waals surface area contributed by atoms with Crippen molar-refractivity contribution in [1.29, 1.82) is 0 Å². The number of hydrogen-bond acceptors (Lipinski definition) is 3. The summed E-state index contributed by atoms with van der Waals surface area (Å²) in [6.07, 6.45) is 0. The molecule has 3 nitrogen and oxygen atoms in total. The van der Waals surface area contributed by atoms with Crippen LogP contribution >= 0.6 is 11.3 Å². The molecule has 0 saturated carbocycles. The molecule has 0 fully saturated rings. The molecule has 1 aromatic heterocycles. The Labute approximate surface area is 165 Å². The number of nitrogens with two attached hydrogens (primary N) is 1. The molecule has 0 saturated heterocycles. The molecule has 0 aliphatic carbocycles. The van der Waals surface area contributed by atoms with Crippen LogP contribution in [-0.2, 0) is 6.54 Å². The van der Waals surface area contributed by atoms with Gasteiger partial charge in [-0.1, -0.05) is 42.5 Å². The zero-order valence-corrected chi connectivity index (χ0v) is 15.8. The fourth-order valence-electron chi connectivity index (χ4n) is 3.21. The summed E-state index contributed by atoms with van der Waals surface area (Å²) in [7, 11) is 0. The van der Waals surface area contributed by atoms with E-state index < -0.39 is 6.61 Å². The zero-order chi connectivity index (χ0) is 19.3. The molecule has 1 atom stereocenters. The summed E-state index contributed by atoms with van der Waals surface area (Å²) in [5.41, 5.74) is 3.18. The lowest BCUT2D eigenvalue weighted by atomic mass is 9.98. The number of hydrogen-bond donors (Lipinski definition) is 1. The highest BCUT2D eigenvalue weighted by molar-refractivity contribution is 7.18. The predicted octanol–water partition coefficient (Wildman–Crippen LogP) is 4.75. The van der Waals surface area contributed by atoms with Crippen LogP contribution < -0.4 is 10.1 Å². The highest BCUT2D eigenvalue weighted by atomic mass is 32.1. The van der Waals surface area contributed by atoms with E-state index in [1.165, 1.54) is 4.70 Å². The van der Waals surface area contributed by atoms with Crippen molar-refractivity contribution in [3.63, 3.8) is 0 Å². The Bertz CT molecular complexity index is 1000. The largest absolute Gasteiger partial charge is 0.435 e. The van der Waals surface area contributed by atoms with Gasteiger partial charge in [0.15, 0.2) is 0 Å². The summed E-state index contributed by atoms with van der Waals surface area (Å²) in [6, 6.07) is 25.1. The molecule has 2 N–H and O–H groups in total. The number of fused-ring (bicyclic) bond motifs is 1. The average molecular weight is 397 g/mol. The first kappa shape index (κ1) is 18.5. The average Bonchev–Trinajstić information content (AvgIpc) is 3.13. The molecule has 0 unspecified atom stereocenters. The standard InChI is InChI=1S/C22H18F2N2OS/c23-22(24)27-17-12-10-16(11-13-17)21(15-6-2-1-3-7-15)25-14-20-26-18-8-4-5-9-19(18)28-20/h1-13,21-22,25H,14H2/p+1/t21-/m0/s1. The van der Waals surface area contributed by atoms with Crippen molar-refractivity contribution >= 4 is 21.6 Å². The number of para-hydroxylation sites is 1. The molecule has 0 radical (unpaired) electrons. The molecule has 3 aromatic carbocycles. The van der Waals surface area contributed by atoms with E-state index in [0.29, 0.717) is 0 Å². The summed E-state index contributed by atoms with van der Waals surface area (Å²) in [4.78, 5) is 4.70. The first-order valence-corrected chi connectivity index (χ1v) is 9.78. The second-order valence-corrected chi connectivity index (χ2v) is 7.47. The van der Waals surface area contributed by atoms with Gasteiger partial charge in [0.25, 0.3) is 0 Å². The van der Waals surface area contributed by atoms with Crippen molar-refractivity contribution in [2.45, 2.75) is 19.2 Å². The number of thiazole rings is 1. The highest BCUT2D eigenvalue weighted by Crippen LogP contribution is 2.24. The van der Waals surface area contributed by atoms with Crippen molar-refractivity contribution in [2.24, 2.45) is 0 Å². The fourth-order valence-corrected chi connectivity index (χ4v) is 4.15. The van der Waals surface area contributed by atoms with Gasteiger partial charge < -0.3 is 10.1 Å². The van der Waals surface area contributed by atoms with E-state index in [0.717, 1.165) is 28.2 Å². The quantitative estimate of drug-likeness (QED) is 0.489. The monoisotopic (exact) mass is 397 g/mol. The lowest BCUT2D eigenvalue weighted by Gasteiger charge is -2.16. The molecule has 142 valence electrons. The SMILES string of the molecule is FC(F)Oc1ccc([C@@H]([NH2+]Cc2nc3ccccc3s2)c2ccccc2)cc1. The second-order valence-electron chi connectivity index (χ2n) is 6.35. The molecule has 4 aromatic rings. The number of aromatic nitrogens is 1. The van der Waals surface area contributed by atoms with Gasteiger partial charge in [-0.25, -0.2) is 4.98 Å². The van der Waals surface area contributed by atoms with Crippen LogP contribution in [0.5, 0.6) is 5.75 Å². The van der Waals surface area contributed by atoms with E-state index >= 15 is 0 Å². The van der Waals surface area contributed by atoms with Gasteiger partial charge in [0, 0.05) is 11.1 Å². The van der Waals surface area contributed by atoms with Crippen LogP contribution in [0.15, 0.2) is 78.9 Å². The van der Waals surface area contributed by atoms with Crippen LogP contribution in [0, 0.1) is 0 Å². The van der Waals surface area contributed by atoms with Crippen LogP contribution in [0.1, 0.15) is 22.2 Å². The van der Waals surface area contributed by atoms with E-state index in [1.54, 1.807) is 23.5 Å². The maximum absolute atomic E-state index is 12.4. The van der Waals surface area contributed by atoms with Gasteiger partial charge in [0.05, 0.1) is 10.2 Å². The van der Waals surface area contributed by atoms with Crippen LogP contribution in [0.25, 0.3) is 10.2 Å². The minimum atomic E-state index is -2.82. The minimum absolute atomic E-state index is 0.0359. The number of alkyl halides is 2. The van der Waals surface area contributed by atoms with Crippen molar-refractivity contribution in [3.8, 4) is 5.75 Å². The third-order valence-electron chi connectivity index (χ3n) is 4.49. The summed E-state index contributed by atoms with van der Waals surface area (Å²) in [5, 5.41) is 3.27. The van der Waals surface area contributed by atoms with Gasteiger partial charge in [0.2, 0.25) is 0 Å². The molecule has 0 bridgehead atoms. The molecule has 1 heterocycles.